The summed E-state index contributed by atoms with van der Waals surface area (Å²) in [6, 6.07) is 41.0. The summed E-state index contributed by atoms with van der Waals surface area (Å²) in [4.78, 5) is 40.9. The van der Waals surface area contributed by atoms with E-state index < -0.39 is 11.2 Å². The SMILES string of the molecule is CC(C)c1ccc(/C=C(\NC(=O)c2ccccc2)C(=O)Nc2ccc(SC(C(=O)Nc3ccc(Br)cc3)c3ccccc3)cc2)cc1. The van der Waals surface area contributed by atoms with Crippen LogP contribution in [0.3, 0.4) is 0 Å². The molecule has 0 saturated heterocycles. The molecule has 3 N–H and O–H groups in total. The standard InChI is InChI=1S/C39H34BrN3O3S/c1-26(2)28-15-13-27(14-16-28)25-35(43-37(44)30-11-7-4-8-12-30)38(45)41-33-21-23-34(24-22-33)47-36(29-9-5-3-6-10-29)39(46)42-32-19-17-31(40)18-20-32/h3-26,36H,1-2H3,(H,41,45)(H,42,46)(H,43,44)/b35-25-. The Morgan fingerprint density at radius 3 is 1.85 bits per heavy atom. The summed E-state index contributed by atoms with van der Waals surface area (Å²) in [5.41, 5.74) is 4.65. The van der Waals surface area contributed by atoms with E-state index >= 15 is 0 Å². The number of hydrogen-bond acceptors (Lipinski definition) is 4. The third kappa shape index (κ3) is 9.54. The second-order valence-corrected chi connectivity index (χ2v) is 13.2. The second-order valence-electron chi connectivity index (χ2n) is 11.1. The number of carbonyl (C=O) groups excluding carboxylic acids is 3. The first-order valence-electron chi connectivity index (χ1n) is 15.1. The molecule has 6 nitrogen and oxygen atoms in total. The van der Waals surface area contributed by atoms with E-state index in [2.05, 4.69) is 45.7 Å². The van der Waals surface area contributed by atoms with Crippen molar-refractivity contribution in [2.75, 3.05) is 10.6 Å². The van der Waals surface area contributed by atoms with Gasteiger partial charge in [-0.3, -0.25) is 14.4 Å². The van der Waals surface area contributed by atoms with Gasteiger partial charge in [0.2, 0.25) is 5.91 Å². The van der Waals surface area contributed by atoms with Crippen LogP contribution < -0.4 is 16.0 Å². The highest BCUT2D eigenvalue weighted by molar-refractivity contribution is 9.10. The van der Waals surface area contributed by atoms with Gasteiger partial charge in [0, 0.05) is 26.3 Å². The molecule has 8 heteroatoms. The van der Waals surface area contributed by atoms with Gasteiger partial charge >= 0.3 is 0 Å². The van der Waals surface area contributed by atoms with Crippen LogP contribution in [0.25, 0.3) is 6.08 Å². The minimum Gasteiger partial charge on any atom is -0.325 e. The molecule has 0 aliphatic heterocycles. The number of thioether (sulfide) groups is 1. The van der Waals surface area contributed by atoms with Crippen LogP contribution in [0.5, 0.6) is 0 Å². The van der Waals surface area contributed by atoms with Crippen molar-refractivity contribution in [3.8, 4) is 0 Å². The van der Waals surface area contributed by atoms with Gasteiger partial charge in [-0.05, 0) is 89.3 Å². The zero-order valence-electron chi connectivity index (χ0n) is 25.9. The van der Waals surface area contributed by atoms with Crippen LogP contribution in [0.2, 0.25) is 0 Å². The number of benzene rings is 5. The van der Waals surface area contributed by atoms with Crippen molar-refractivity contribution in [3.05, 3.63) is 166 Å². The van der Waals surface area contributed by atoms with Crippen LogP contribution in [-0.2, 0) is 9.59 Å². The molecule has 1 unspecified atom stereocenters. The number of anilines is 2. The Morgan fingerprint density at radius 2 is 1.23 bits per heavy atom. The maximum Gasteiger partial charge on any atom is 0.272 e. The third-order valence-corrected chi connectivity index (χ3v) is 9.06. The summed E-state index contributed by atoms with van der Waals surface area (Å²) < 4.78 is 0.929. The molecule has 0 spiro atoms. The average Bonchev–Trinajstić information content (AvgIpc) is 3.09. The first kappa shape index (κ1) is 33.4. The third-order valence-electron chi connectivity index (χ3n) is 7.26. The summed E-state index contributed by atoms with van der Waals surface area (Å²) in [5.74, 6) is -0.616. The second kappa shape index (κ2) is 16.1. The van der Waals surface area contributed by atoms with Gasteiger partial charge in [0.1, 0.15) is 10.9 Å². The summed E-state index contributed by atoms with van der Waals surface area (Å²) in [7, 11) is 0. The predicted molar refractivity (Wildman–Crippen MR) is 195 cm³/mol. The lowest BCUT2D eigenvalue weighted by atomic mass is 10.0. The van der Waals surface area contributed by atoms with Crippen molar-refractivity contribution in [2.45, 2.75) is 29.9 Å². The molecule has 5 aromatic rings. The Morgan fingerprint density at radius 1 is 0.660 bits per heavy atom. The van der Waals surface area contributed by atoms with E-state index in [1.807, 2.05) is 97.1 Å². The minimum absolute atomic E-state index is 0.114. The normalized spacial score (nSPS) is 11.9. The monoisotopic (exact) mass is 703 g/mol. The Kier molecular flexibility index (Phi) is 11.4. The van der Waals surface area contributed by atoms with E-state index in [0.29, 0.717) is 22.9 Å². The van der Waals surface area contributed by atoms with Gasteiger partial charge in [0.25, 0.3) is 11.8 Å². The molecule has 5 aromatic carbocycles. The highest BCUT2D eigenvalue weighted by atomic mass is 79.9. The van der Waals surface area contributed by atoms with Crippen LogP contribution in [0.4, 0.5) is 11.4 Å². The molecule has 0 bridgehead atoms. The highest BCUT2D eigenvalue weighted by Gasteiger charge is 2.22. The molecule has 47 heavy (non-hydrogen) atoms. The number of nitrogens with one attached hydrogen (secondary N) is 3. The number of rotatable bonds is 11. The van der Waals surface area contributed by atoms with Crippen LogP contribution in [-0.4, -0.2) is 17.7 Å². The van der Waals surface area contributed by atoms with Gasteiger partial charge < -0.3 is 16.0 Å². The molecule has 1 atom stereocenters. The molecular formula is C39H34BrN3O3S. The predicted octanol–water partition coefficient (Wildman–Crippen LogP) is 9.45. The quantitative estimate of drug-likeness (QED) is 0.0945. The van der Waals surface area contributed by atoms with Crippen molar-refractivity contribution in [1.29, 1.82) is 0 Å². The van der Waals surface area contributed by atoms with Crippen LogP contribution in [0, 0.1) is 0 Å². The number of amides is 3. The van der Waals surface area contributed by atoms with E-state index in [-0.39, 0.29) is 17.5 Å². The Hall–Kier alpha value is -4.92. The molecule has 0 aliphatic rings. The van der Waals surface area contributed by atoms with Gasteiger partial charge in [-0.15, -0.1) is 11.8 Å². The lowest BCUT2D eigenvalue weighted by Crippen LogP contribution is -2.30. The fraction of sp³-hybridized carbons (Fsp3) is 0.103. The molecule has 0 saturated carbocycles. The molecule has 0 aliphatic carbocycles. The summed E-state index contributed by atoms with van der Waals surface area (Å²) >= 11 is 4.84. The Bertz CT molecular complexity index is 1840. The van der Waals surface area contributed by atoms with Gasteiger partial charge in [0.15, 0.2) is 0 Å². The fourth-order valence-corrected chi connectivity index (χ4v) is 5.97. The smallest absolute Gasteiger partial charge is 0.272 e. The molecule has 236 valence electrons. The van der Waals surface area contributed by atoms with Gasteiger partial charge in [0.05, 0.1) is 0 Å². The summed E-state index contributed by atoms with van der Waals surface area (Å²) in [5, 5.41) is 8.20. The average molecular weight is 705 g/mol. The number of carbonyl (C=O) groups is 3. The maximum absolute atomic E-state index is 13.5. The zero-order valence-corrected chi connectivity index (χ0v) is 28.3. The lowest BCUT2D eigenvalue weighted by molar-refractivity contribution is -0.116. The topological polar surface area (TPSA) is 87.3 Å². The van der Waals surface area contributed by atoms with Crippen LogP contribution >= 0.6 is 27.7 Å². The number of hydrogen-bond donors (Lipinski definition) is 3. The van der Waals surface area contributed by atoms with E-state index in [0.717, 1.165) is 20.5 Å². The van der Waals surface area contributed by atoms with Crippen LogP contribution in [0.1, 0.15) is 52.1 Å². The molecule has 0 fully saturated rings. The lowest BCUT2D eigenvalue weighted by Gasteiger charge is -2.17. The molecule has 0 radical (unpaired) electrons. The van der Waals surface area contributed by atoms with E-state index in [4.69, 9.17) is 0 Å². The van der Waals surface area contributed by atoms with Gasteiger partial charge in [-0.25, -0.2) is 0 Å². The highest BCUT2D eigenvalue weighted by Crippen LogP contribution is 2.37. The van der Waals surface area contributed by atoms with E-state index in [1.54, 1.807) is 42.5 Å². The minimum atomic E-state index is -0.509. The zero-order chi connectivity index (χ0) is 33.2. The van der Waals surface area contributed by atoms with Crippen LogP contribution in [0.15, 0.2) is 149 Å². The first-order valence-corrected chi connectivity index (χ1v) is 16.8. The fourth-order valence-electron chi connectivity index (χ4n) is 4.68. The Labute approximate surface area is 287 Å². The molecule has 3 amide bonds. The largest absolute Gasteiger partial charge is 0.325 e. The maximum atomic E-state index is 13.5. The Balaban J connectivity index is 1.33. The van der Waals surface area contributed by atoms with E-state index in [9.17, 15) is 14.4 Å². The van der Waals surface area contributed by atoms with Crippen molar-refractivity contribution < 1.29 is 14.4 Å². The van der Waals surface area contributed by atoms with Crippen molar-refractivity contribution >= 4 is 62.9 Å². The molecule has 0 aromatic heterocycles. The number of halogens is 1. The summed E-state index contributed by atoms with van der Waals surface area (Å²) in [6.45, 7) is 4.24. The molecule has 0 heterocycles. The van der Waals surface area contributed by atoms with Crippen molar-refractivity contribution in [2.24, 2.45) is 0 Å². The molecular weight excluding hydrogens is 670 g/mol. The van der Waals surface area contributed by atoms with Gasteiger partial charge in [-0.1, -0.05) is 103 Å². The first-order chi connectivity index (χ1) is 22.7. The van der Waals surface area contributed by atoms with E-state index in [1.165, 1.54) is 17.3 Å². The summed E-state index contributed by atoms with van der Waals surface area (Å²) in [6.07, 6.45) is 1.67. The van der Waals surface area contributed by atoms with Gasteiger partial charge in [-0.2, -0.15) is 0 Å². The molecule has 5 rings (SSSR count). The van der Waals surface area contributed by atoms with Crippen molar-refractivity contribution in [1.82, 2.24) is 5.32 Å². The van der Waals surface area contributed by atoms with Crippen molar-refractivity contribution in [3.63, 3.8) is 0 Å².